The minimum atomic E-state index is -1.45. The van der Waals surface area contributed by atoms with Gasteiger partial charge in [0.25, 0.3) is 0 Å². The van der Waals surface area contributed by atoms with Gasteiger partial charge in [0.15, 0.2) is 11.5 Å². The first-order chi connectivity index (χ1) is 30.4. The molecule has 2 heterocycles. The molecule has 2 aromatic carbocycles. The molecule has 12 nitrogen and oxygen atoms in total. The molecule has 2 aromatic rings. The lowest BCUT2D eigenvalue weighted by Crippen LogP contribution is -2.70. The molecule has 0 saturated heterocycles. The fourth-order valence-electron chi connectivity index (χ4n) is 10.2. The molecule has 3 N–H and O–H groups in total. The van der Waals surface area contributed by atoms with Crippen LogP contribution in [-0.4, -0.2) is 83.7 Å². The zero-order valence-corrected chi connectivity index (χ0v) is 37.3. The molecule has 12 heteroatoms. The Labute approximate surface area is 369 Å². The van der Waals surface area contributed by atoms with E-state index in [1.165, 1.54) is 44.9 Å². The molecule has 4 aliphatic rings. The van der Waals surface area contributed by atoms with Gasteiger partial charge >= 0.3 is 6.09 Å². The predicted molar refractivity (Wildman–Crippen MR) is 240 cm³/mol. The fraction of sp³-hybridized carbons (Fsp3) is 0.640. The van der Waals surface area contributed by atoms with Crippen molar-refractivity contribution in [1.29, 1.82) is 0 Å². The average molecular weight is 861 g/mol. The number of hydrogen-bond donors (Lipinski definition) is 3. The van der Waals surface area contributed by atoms with Crippen LogP contribution in [-0.2, 0) is 20.9 Å². The number of phenolic OH excluding ortho intramolecular Hbond substituents is 1. The highest BCUT2D eigenvalue weighted by atomic mass is 16.7. The second-order valence-corrected chi connectivity index (χ2v) is 17.3. The number of aliphatic hydroxyl groups is 2. The van der Waals surface area contributed by atoms with Gasteiger partial charge < -0.3 is 43.8 Å². The Bertz CT molecular complexity index is 1800. The summed E-state index contributed by atoms with van der Waals surface area (Å²) in [5.41, 5.74) is 3.32. The third-order valence-corrected chi connectivity index (χ3v) is 13.1. The highest BCUT2D eigenvalue weighted by molar-refractivity contribution is 6.03. The Hall–Kier alpha value is -4.26. The molecular weight excluding hydrogens is 789 g/mol. The van der Waals surface area contributed by atoms with Crippen LogP contribution in [0.2, 0.25) is 0 Å². The molecule has 1 fully saturated rings. The summed E-state index contributed by atoms with van der Waals surface area (Å²) in [5.74, 6) is -0.0812. The van der Waals surface area contributed by atoms with E-state index in [2.05, 4.69) is 19.6 Å². The lowest BCUT2D eigenvalue weighted by Gasteiger charge is -2.59. The average Bonchev–Trinajstić information content (AvgIpc) is 3.75. The Kier molecular flexibility index (Phi) is 18.3. The number of benzene rings is 2. The first-order valence-corrected chi connectivity index (χ1v) is 23.6. The maximum Gasteiger partial charge on any atom is 0.410 e. The van der Waals surface area contributed by atoms with Crippen LogP contribution in [0, 0.1) is 17.8 Å². The number of rotatable bonds is 27. The zero-order chi connectivity index (χ0) is 43.7. The van der Waals surface area contributed by atoms with Gasteiger partial charge in [-0.25, -0.2) is 4.79 Å². The Balaban J connectivity index is 1.41. The van der Waals surface area contributed by atoms with Crippen molar-refractivity contribution >= 4 is 11.8 Å². The van der Waals surface area contributed by atoms with Crippen molar-refractivity contribution in [1.82, 2.24) is 4.90 Å². The van der Waals surface area contributed by atoms with Crippen LogP contribution < -0.4 is 14.2 Å². The lowest BCUT2D eigenvalue weighted by molar-refractivity contribution is -0.256. The topological polar surface area (TPSA) is 149 Å². The number of allylic oxidation sites excluding steroid dienone is 1. The number of ether oxygens (including phenoxy) is 5. The highest BCUT2D eigenvalue weighted by Gasteiger charge is 2.65. The number of amides is 1. The van der Waals surface area contributed by atoms with Gasteiger partial charge in [-0.1, -0.05) is 101 Å². The van der Waals surface area contributed by atoms with Crippen LogP contribution in [0.1, 0.15) is 140 Å². The maximum atomic E-state index is 14.9. The predicted octanol–water partition coefficient (Wildman–Crippen LogP) is 10.3. The number of hydrogen-bond acceptors (Lipinski definition) is 11. The van der Waals surface area contributed by atoms with Crippen LogP contribution in [0.5, 0.6) is 23.0 Å². The SMILES string of the molecule is C=CCOC12Oc3ccc(O)cc3C3C(CCCCO)C(CCCCO)C=C(C(=NOCC)CC1N(Cc1ccc4c(c1)OCO4)C(=O)OCCCCCCCCCCCC)C32. The summed E-state index contributed by atoms with van der Waals surface area (Å²) < 4.78 is 32.0. The number of unbranched alkanes of at least 4 members (excludes halogenated alkanes) is 11. The van der Waals surface area contributed by atoms with Crippen molar-refractivity contribution in [2.24, 2.45) is 22.9 Å². The summed E-state index contributed by atoms with van der Waals surface area (Å²) >= 11 is 0. The summed E-state index contributed by atoms with van der Waals surface area (Å²) in [6.07, 6.45) is 20.1. The van der Waals surface area contributed by atoms with Crippen molar-refractivity contribution in [2.45, 2.75) is 147 Å². The van der Waals surface area contributed by atoms with Crippen LogP contribution >= 0.6 is 0 Å². The number of carbonyl (C=O) groups excluding carboxylic acids is 1. The molecule has 1 amide bonds. The molecule has 0 aromatic heterocycles. The Morgan fingerprint density at radius 1 is 0.887 bits per heavy atom. The van der Waals surface area contributed by atoms with Gasteiger partial charge in [0, 0.05) is 37.7 Å². The number of carbonyl (C=O) groups is 1. The van der Waals surface area contributed by atoms with Gasteiger partial charge in [-0.2, -0.15) is 0 Å². The molecule has 1 saturated carbocycles. The molecule has 342 valence electrons. The number of aliphatic hydroxyl groups excluding tert-OH is 2. The Morgan fingerprint density at radius 3 is 2.32 bits per heavy atom. The second-order valence-electron chi connectivity index (χ2n) is 17.3. The summed E-state index contributed by atoms with van der Waals surface area (Å²) in [6.45, 7) is 9.43. The number of aromatic hydroxyl groups is 1. The minimum absolute atomic E-state index is 0.0443. The zero-order valence-electron chi connectivity index (χ0n) is 37.3. The van der Waals surface area contributed by atoms with Gasteiger partial charge in [0.1, 0.15) is 24.1 Å². The smallest absolute Gasteiger partial charge is 0.410 e. The third kappa shape index (κ3) is 11.5. The van der Waals surface area contributed by atoms with E-state index in [9.17, 15) is 20.1 Å². The monoisotopic (exact) mass is 861 g/mol. The molecule has 2 aliphatic carbocycles. The molecule has 0 spiro atoms. The summed E-state index contributed by atoms with van der Waals surface area (Å²) in [6, 6.07) is 10.2. The molecule has 6 unspecified atom stereocenters. The molecule has 2 aliphatic heterocycles. The number of nitrogens with zero attached hydrogens (tertiary/aromatic N) is 2. The van der Waals surface area contributed by atoms with E-state index >= 15 is 0 Å². The first-order valence-electron chi connectivity index (χ1n) is 23.6. The standard InChI is InChI=1S/C50H72N2O10/c1-4-7-8-9-10-11-12-13-14-19-29-57-49(56)52(34-36-22-24-44-45(30-36)59-35-58-44)46-33-42(51-61-6-3)40-31-37(20-15-17-26-53)39(21-16-18-27-54)47-41-32-38(55)23-25-43(41)62-50(46,48(40)47)60-28-5-2/h5,22-25,30-32,37,39,46-48,53-55H,2,4,6-21,26-29,33-35H2,1,3H3. The van der Waals surface area contributed by atoms with Crippen molar-refractivity contribution < 1.29 is 48.6 Å². The third-order valence-electron chi connectivity index (χ3n) is 13.1. The molecular formula is C50H72N2O10. The quantitative estimate of drug-likeness (QED) is 0.0450. The van der Waals surface area contributed by atoms with Crippen molar-refractivity contribution in [2.75, 3.05) is 39.8 Å². The van der Waals surface area contributed by atoms with Crippen LogP contribution in [0.15, 0.2) is 65.9 Å². The summed E-state index contributed by atoms with van der Waals surface area (Å²) in [5, 5.41) is 35.5. The van der Waals surface area contributed by atoms with Gasteiger partial charge in [-0.15, -0.1) is 6.58 Å². The maximum absolute atomic E-state index is 14.9. The van der Waals surface area contributed by atoms with E-state index in [0.29, 0.717) is 42.4 Å². The van der Waals surface area contributed by atoms with Gasteiger partial charge in [-0.05, 0) is 92.3 Å². The van der Waals surface area contributed by atoms with E-state index in [4.69, 9.17) is 33.7 Å². The number of phenols is 1. The van der Waals surface area contributed by atoms with Gasteiger partial charge in [-0.3, -0.25) is 4.90 Å². The van der Waals surface area contributed by atoms with Crippen LogP contribution in [0.3, 0.4) is 0 Å². The largest absolute Gasteiger partial charge is 0.508 e. The summed E-state index contributed by atoms with van der Waals surface area (Å²) in [7, 11) is 0. The molecule has 6 rings (SSSR count). The second kappa shape index (κ2) is 24.0. The Morgan fingerprint density at radius 2 is 1.60 bits per heavy atom. The fourth-order valence-corrected chi connectivity index (χ4v) is 10.2. The number of fused-ring (bicyclic) bond motifs is 3. The van der Waals surface area contributed by atoms with E-state index in [1.807, 2.05) is 25.1 Å². The normalized spacial score (nSPS) is 23.8. The molecule has 0 bridgehead atoms. The van der Waals surface area contributed by atoms with Gasteiger partial charge in [0.05, 0.1) is 24.8 Å². The molecule has 0 radical (unpaired) electrons. The van der Waals surface area contributed by atoms with E-state index < -0.39 is 23.8 Å². The highest BCUT2D eigenvalue weighted by Crippen LogP contribution is 2.62. The van der Waals surface area contributed by atoms with Crippen LogP contribution in [0.4, 0.5) is 4.79 Å². The lowest BCUT2D eigenvalue weighted by atomic mass is 9.55. The first kappa shape index (κ1) is 47.2. The van der Waals surface area contributed by atoms with E-state index in [1.54, 1.807) is 29.2 Å². The van der Waals surface area contributed by atoms with Crippen molar-refractivity contribution in [3.8, 4) is 23.0 Å². The minimum Gasteiger partial charge on any atom is -0.508 e. The van der Waals surface area contributed by atoms with Gasteiger partial charge in [0.2, 0.25) is 12.6 Å². The van der Waals surface area contributed by atoms with Crippen LogP contribution in [0.25, 0.3) is 0 Å². The molecule has 62 heavy (non-hydrogen) atoms. The number of oxime groups is 1. The van der Waals surface area contributed by atoms with E-state index in [0.717, 1.165) is 61.6 Å². The van der Waals surface area contributed by atoms with Crippen molar-refractivity contribution in [3.05, 3.63) is 71.8 Å². The summed E-state index contributed by atoms with van der Waals surface area (Å²) in [4.78, 5) is 22.5. The molecule has 6 atom stereocenters. The van der Waals surface area contributed by atoms with Crippen molar-refractivity contribution in [3.63, 3.8) is 0 Å². The van der Waals surface area contributed by atoms with E-state index in [-0.39, 0.29) is 69.7 Å².